The fraction of sp³-hybridized carbons (Fsp3) is 0.833. The molecule has 1 saturated heterocycles. The molecule has 1 aliphatic rings. The molecule has 17 heavy (non-hydrogen) atoms. The molecule has 1 heterocycles. The highest BCUT2D eigenvalue weighted by Crippen LogP contribution is 2.33. The maximum atomic E-state index is 12.1. The molecule has 1 fully saturated rings. The van der Waals surface area contributed by atoms with Gasteiger partial charge in [-0.2, -0.15) is 0 Å². The van der Waals surface area contributed by atoms with Crippen LogP contribution < -0.4 is 0 Å². The summed E-state index contributed by atoms with van der Waals surface area (Å²) >= 11 is 0. The molecule has 5 nitrogen and oxygen atoms in total. The van der Waals surface area contributed by atoms with E-state index in [9.17, 15) is 14.7 Å². The first-order chi connectivity index (χ1) is 7.49. The molecule has 0 radical (unpaired) electrons. The fourth-order valence-electron chi connectivity index (χ4n) is 2.13. The second-order valence-corrected chi connectivity index (χ2v) is 6.25. The minimum Gasteiger partial charge on any atom is -0.480 e. The number of hydrogen-bond acceptors (Lipinski definition) is 2. The van der Waals surface area contributed by atoms with Crippen LogP contribution in [0.1, 0.15) is 34.6 Å². The second-order valence-electron chi connectivity index (χ2n) is 6.25. The van der Waals surface area contributed by atoms with E-state index in [1.54, 1.807) is 25.8 Å². The van der Waals surface area contributed by atoms with E-state index in [-0.39, 0.29) is 17.5 Å². The molecule has 0 aliphatic carbocycles. The summed E-state index contributed by atoms with van der Waals surface area (Å²) in [5, 5.41) is 9.18. The van der Waals surface area contributed by atoms with Gasteiger partial charge in [-0.3, -0.25) is 0 Å². The molecular formula is C12H22N2O3. The molecule has 0 bridgehead atoms. The summed E-state index contributed by atoms with van der Waals surface area (Å²) in [4.78, 5) is 26.4. The van der Waals surface area contributed by atoms with Crippen molar-refractivity contribution in [3.8, 4) is 0 Å². The van der Waals surface area contributed by atoms with Gasteiger partial charge in [-0.05, 0) is 19.3 Å². The highest BCUT2D eigenvalue weighted by atomic mass is 16.4. The maximum Gasteiger partial charge on any atom is 0.329 e. The van der Waals surface area contributed by atoms with Gasteiger partial charge >= 0.3 is 12.0 Å². The van der Waals surface area contributed by atoms with Crippen LogP contribution in [0.25, 0.3) is 0 Å². The van der Waals surface area contributed by atoms with E-state index in [1.807, 2.05) is 0 Å². The Morgan fingerprint density at radius 1 is 1.29 bits per heavy atom. The number of amides is 2. The Morgan fingerprint density at radius 2 is 1.76 bits per heavy atom. The Balaban J connectivity index is 3.02. The summed E-state index contributed by atoms with van der Waals surface area (Å²) in [6.45, 7) is 9.74. The summed E-state index contributed by atoms with van der Waals surface area (Å²) in [5.74, 6) is -0.978. The van der Waals surface area contributed by atoms with Crippen molar-refractivity contribution in [2.24, 2.45) is 5.41 Å². The van der Waals surface area contributed by atoms with Crippen LogP contribution in [-0.2, 0) is 4.79 Å². The van der Waals surface area contributed by atoms with Crippen molar-refractivity contribution in [2.45, 2.75) is 46.2 Å². The monoisotopic (exact) mass is 242 g/mol. The lowest BCUT2D eigenvalue weighted by molar-refractivity contribution is -0.147. The van der Waals surface area contributed by atoms with Gasteiger partial charge in [0.25, 0.3) is 0 Å². The Labute approximate surface area is 102 Å². The van der Waals surface area contributed by atoms with Gasteiger partial charge < -0.3 is 14.9 Å². The number of hydrogen-bond donors (Lipinski definition) is 1. The molecule has 0 aromatic carbocycles. The number of aliphatic carboxylic acids is 1. The smallest absolute Gasteiger partial charge is 0.329 e. The molecule has 1 unspecified atom stereocenters. The van der Waals surface area contributed by atoms with Crippen molar-refractivity contribution in [2.75, 3.05) is 13.6 Å². The zero-order valence-electron chi connectivity index (χ0n) is 11.4. The van der Waals surface area contributed by atoms with Crippen LogP contribution in [-0.4, -0.2) is 52.1 Å². The Hall–Kier alpha value is -1.26. The fourth-order valence-corrected chi connectivity index (χ4v) is 2.13. The van der Waals surface area contributed by atoms with Crippen molar-refractivity contribution in [3.05, 3.63) is 0 Å². The molecule has 0 saturated carbocycles. The molecule has 0 aromatic heterocycles. The average molecular weight is 242 g/mol. The lowest BCUT2D eigenvalue weighted by Crippen LogP contribution is -2.51. The number of carbonyl (C=O) groups is 2. The number of carbonyl (C=O) groups excluding carboxylic acids is 1. The van der Waals surface area contributed by atoms with Crippen LogP contribution in [0.3, 0.4) is 0 Å². The van der Waals surface area contributed by atoms with Crippen molar-refractivity contribution >= 4 is 12.0 Å². The second kappa shape index (κ2) is 3.89. The van der Waals surface area contributed by atoms with E-state index in [1.165, 1.54) is 4.90 Å². The molecule has 0 spiro atoms. The lowest BCUT2D eigenvalue weighted by Gasteiger charge is -2.32. The molecule has 5 heteroatoms. The molecule has 0 aromatic rings. The van der Waals surface area contributed by atoms with Crippen LogP contribution in [0.15, 0.2) is 0 Å². The number of urea groups is 1. The third kappa shape index (κ3) is 2.23. The molecule has 1 aliphatic heterocycles. The number of carboxylic acids is 1. The number of nitrogens with zero attached hydrogens (tertiary/aromatic N) is 2. The summed E-state index contributed by atoms with van der Waals surface area (Å²) in [6.07, 6.45) is 0. The van der Waals surface area contributed by atoms with Crippen LogP contribution in [0.2, 0.25) is 0 Å². The molecule has 1 rings (SSSR count). The molecule has 2 amide bonds. The third-order valence-corrected chi connectivity index (χ3v) is 3.55. The summed E-state index contributed by atoms with van der Waals surface area (Å²) in [6, 6.07) is -0.175. The molecule has 1 N–H and O–H groups in total. The first kappa shape index (κ1) is 13.8. The van der Waals surface area contributed by atoms with Crippen LogP contribution in [0, 0.1) is 5.41 Å². The topological polar surface area (TPSA) is 60.9 Å². The molecule has 1 atom stereocenters. The van der Waals surface area contributed by atoms with Crippen molar-refractivity contribution in [1.82, 2.24) is 9.80 Å². The summed E-state index contributed by atoms with van der Waals surface area (Å²) < 4.78 is 0. The van der Waals surface area contributed by atoms with Crippen LogP contribution in [0.4, 0.5) is 4.79 Å². The van der Waals surface area contributed by atoms with Crippen LogP contribution >= 0.6 is 0 Å². The molecule has 98 valence electrons. The van der Waals surface area contributed by atoms with Gasteiger partial charge in [-0.25, -0.2) is 9.59 Å². The van der Waals surface area contributed by atoms with E-state index < -0.39 is 11.5 Å². The number of carboxylic acid groups (broad SMARTS) is 1. The van der Waals surface area contributed by atoms with Crippen molar-refractivity contribution in [3.63, 3.8) is 0 Å². The van der Waals surface area contributed by atoms with E-state index in [4.69, 9.17) is 0 Å². The lowest BCUT2D eigenvalue weighted by atomic mass is 9.86. The van der Waals surface area contributed by atoms with E-state index >= 15 is 0 Å². The maximum absolute atomic E-state index is 12.1. The van der Waals surface area contributed by atoms with Gasteiger partial charge in [0, 0.05) is 13.6 Å². The van der Waals surface area contributed by atoms with Crippen LogP contribution in [0.5, 0.6) is 0 Å². The zero-order valence-corrected chi connectivity index (χ0v) is 11.4. The van der Waals surface area contributed by atoms with Gasteiger partial charge in [-0.1, -0.05) is 20.8 Å². The van der Waals surface area contributed by atoms with Gasteiger partial charge in [0.2, 0.25) is 0 Å². The quantitative estimate of drug-likeness (QED) is 0.800. The predicted molar refractivity (Wildman–Crippen MR) is 64.8 cm³/mol. The van der Waals surface area contributed by atoms with Gasteiger partial charge in [0.1, 0.15) is 5.54 Å². The van der Waals surface area contributed by atoms with E-state index in [0.29, 0.717) is 6.54 Å². The van der Waals surface area contributed by atoms with Gasteiger partial charge in [-0.15, -0.1) is 0 Å². The summed E-state index contributed by atoms with van der Waals surface area (Å²) in [7, 11) is 1.73. The third-order valence-electron chi connectivity index (χ3n) is 3.55. The highest BCUT2D eigenvalue weighted by molar-refractivity contribution is 5.87. The Kier molecular flexibility index (Phi) is 3.16. The largest absolute Gasteiger partial charge is 0.480 e. The van der Waals surface area contributed by atoms with Crippen molar-refractivity contribution < 1.29 is 14.7 Å². The predicted octanol–water partition coefficient (Wildman–Crippen LogP) is 1.63. The van der Waals surface area contributed by atoms with Crippen molar-refractivity contribution in [1.29, 1.82) is 0 Å². The Morgan fingerprint density at radius 3 is 2.06 bits per heavy atom. The first-order valence-electron chi connectivity index (χ1n) is 5.77. The van der Waals surface area contributed by atoms with E-state index in [2.05, 4.69) is 20.8 Å². The Bertz CT molecular complexity index is 344. The van der Waals surface area contributed by atoms with E-state index in [0.717, 1.165) is 0 Å². The minimum absolute atomic E-state index is 0.0358. The SMILES string of the molecule is CN1C(=O)N(C(C)(C)C(=O)O)CC1C(C)(C)C. The zero-order chi connectivity index (χ0) is 13.6. The average Bonchev–Trinajstić information content (AvgIpc) is 2.43. The minimum atomic E-state index is -1.16. The molecular weight excluding hydrogens is 220 g/mol. The highest BCUT2D eigenvalue weighted by Gasteiger charge is 2.49. The standard InChI is InChI=1S/C12H22N2O3/c1-11(2,3)8-7-14(10(17)13(8)6)12(4,5)9(15)16/h8H,7H2,1-6H3,(H,15,16). The number of rotatable bonds is 2. The van der Waals surface area contributed by atoms with Gasteiger partial charge in [0.15, 0.2) is 0 Å². The number of likely N-dealkylation sites (N-methyl/N-ethyl adjacent to an activating group) is 1. The summed E-state index contributed by atoms with van der Waals surface area (Å²) in [5.41, 5.74) is -1.22. The normalized spacial score (nSPS) is 22.2. The first-order valence-corrected chi connectivity index (χ1v) is 5.77. The van der Waals surface area contributed by atoms with Gasteiger partial charge in [0.05, 0.1) is 6.04 Å².